The van der Waals surface area contributed by atoms with E-state index in [0.717, 1.165) is 25.2 Å². The van der Waals surface area contributed by atoms with Gasteiger partial charge in [0.1, 0.15) is 0 Å². The molecular weight excluding hydrogens is 269 g/mol. The first-order chi connectivity index (χ1) is 9.32. The Hall–Kier alpha value is -1.76. The number of rotatable bonds is 4. The monoisotopic (exact) mass is 286 g/mol. The zero-order chi connectivity index (χ0) is 14.9. The Balaban J connectivity index is 2.35. The second kappa shape index (κ2) is 5.32. The van der Waals surface area contributed by atoms with E-state index in [-0.39, 0.29) is 11.5 Å². The molecule has 0 unspecified atom stereocenters. The van der Waals surface area contributed by atoms with Crippen LogP contribution in [-0.4, -0.2) is 34.6 Å². The Morgan fingerprint density at radius 2 is 2.05 bits per heavy atom. The number of alkyl halides is 3. The normalized spacial score (nSPS) is 12.5. The van der Waals surface area contributed by atoms with Crippen molar-refractivity contribution in [2.75, 3.05) is 25.9 Å². The van der Waals surface area contributed by atoms with Crippen molar-refractivity contribution in [3.8, 4) is 0 Å². The highest BCUT2D eigenvalue weighted by Gasteiger charge is 2.31. The van der Waals surface area contributed by atoms with Gasteiger partial charge in [0, 0.05) is 13.1 Å². The summed E-state index contributed by atoms with van der Waals surface area (Å²) >= 11 is 0. The van der Waals surface area contributed by atoms with Gasteiger partial charge in [-0.1, -0.05) is 6.92 Å². The molecular formula is C13H17F3N4. The highest BCUT2D eigenvalue weighted by molar-refractivity contribution is 5.79. The highest BCUT2D eigenvalue weighted by Crippen LogP contribution is 2.31. The number of hydrogen-bond acceptors (Lipinski definition) is 3. The lowest BCUT2D eigenvalue weighted by Gasteiger charge is -2.15. The molecule has 0 amide bonds. The number of benzene rings is 1. The molecule has 0 atom stereocenters. The van der Waals surface area contributed by atoms with Gasteiger partial charge in [0.2, 0.25) is 5.95 Å². The predicted molar refractivity (Wildman–Crippen MR) is 72.3 cm³/mol. The molecule has 0 aliphatic rings. The minimum atomic E-state index is -4.37. The molecule has 0 saturated heterocycles. The molecule has 20 heavy (non-hydrogen) atoms. The summed E-state index contributed by atoms with van der Waals surface area (Å²) in [5.74, 6) is 0.240. The molecule has 0 saturated carbocycles. The zero-order valence-electron chi connectivity index (χ0n) is 11.4. The van der Waals surface area contributed by atoms with Gasteiger partial charge >= 0.3 is 6.18 Å². The van der Waals surface area contributed by atoms with Crippen LogP contribution in [0, 0.1) is 0 Å². The van der Waals surface area contributed by atoms with Crippen LogP contribution in [0.25, 0.3) is 11.0 Å². The predicted octanol–water partition coefficient (Wildman–Crippen LogP) is 2.59. The van der Waals surface area contributed by atoms with Crippen molar-refractivity contribution in [2.24, 2.45) is 0 Å². The van der Waals surface area contributed by atoms with Crippen LogP contribution in [0.2, 0.25) is 0 Å². The van der Waals surface area contributed by atoms with Gasteiger partial charge in [0.15, 0.2) is 0 Å². The molecule has 110 valence electrons. The fourth-order valence-electron chi connectivity index (χ4n) is 1.99. The van der Waals surface area contributed by atoms with E-state index >= 15 is 0 Å². The number of nitrogen functional groups attached to an aromatic ring is 1. The van der Waals surface area contributed by atoms with Crippen LogP contribution in [-0.2, 0) is 12.7 Å². The quantitative estimate of drug-likeness (QED) is 0.939. The molecule has 1 aromatic heterocycles. The van der Waals surface area contributed by atoms with E-state index in [2.05, 4.69) is 9.88 Å². The summed E-state index contributed by atoms with van der Waals surface area (Å²) in [5.41, 5.74) is 5.98. The molecule has 2 N–H and O–H groups in total. The van der Waals surface area contributed by atoms with E-state index < -0.39 is 11.7 Å². The molecule has 2 aromatic rings. The van der Waals surface area contributed by atoms with Crippen LogP contribution in [0.5, 0.6) is 0 Å². The molecule has 0 radical (unpaired) electrons. The maximum Gasteiger partial charge on any atom is 0.416 e. The SMILES string of the molecule is CCN(C)CCn1c(N)nc2cc(C(F)(F)F)ccc21. The van der Waals surface area contributed by atoms with E-state index in [1.54, 1.807) is 4.57 Å². The van der Waals surface area contributed by atoms with Crippen molar-refractivity contribution < 1.29 is 13.2 Å². The number of anilines is 1. The first-order valence-electron chi connectivity index (χ1n) is 6.34. The second-order valence-corrected chi connectivity index (χ2v) is 4.72. The Labute approximate surface area is 115 Å². The number of imidazole rings is 1. The van der Waals surface area contributed by atoms with Crippen LogP contribution >= 0.6 is 0 Å². The van der Waals surface area contributed by atoms with Crippen LogP contribution in [0.15, 0.2) is 18.2 Å². The van der Waals surface area contributed by atoms with E-state index in [1.165, 1.54) is 6.07 Å². The first kappa shape index (κ1) is 14.6. The molecule has 0 bridgehead atoms. The summed E-state index contributed by atoms with van der Waals surface area (Å²) < 4.78 is 39.7. The summed E-state index contributed by atoms with van der Waals surface area (Å²) in [5, 5.41) is 0. The lowest BCUT2D eigenvalue weighted by Crippen LogP contribution is -2.23. The number of likely N-dealkylation sites (N-methyl/N-ethyl adjacent to an activating group) is 1. The Kier molecular flexibility index (Phi) is 3.89. The molecule has 0 fully saturated rings. The van der Waals surface area contributed by atoms with Crippen LogP contribution < -0.4 is 5.73 Å². The number of halogens is 3. The Morgan fingerprint density at radius 3 is 2.65 bits per heavy atom. The van der Waals surface area contributed by atoms with Gasteiger partial charge in [-0.2, -0.15) is 13.2 Å². The molecule has 1 aromatic carbocycles. The van der Waals surface area contributed by atoms with Crippen LogP contribution in [0.4, 0.5) is 19.1 Å². The number of hydrogen-bond donors (Lipinski definition) is 1. The molecule has 0 aliphatic carbocycles. The van der Waals surface area contributed by atoms with Crippen molar-refractivity contribution in [3.63, 3.8) is 0 Å². The Bertz CT molecular complexity index is 603. The van der Waals surface area contributed by atoms with E-state index in [0.29, 0.717) is 12.1 Å². The van der Waals surface area contributed by atoms with Gasteiger partial charge < -0.3 is 15.2 Å². The van der Waals surface area contributed by atoms with Crippen molar-refractivity contribution in [1.82, 2.24) is 14.5 Å². The molecule has 0 aliphatic heterocycles. The number of fused-ring (bicyclic) bond motifs is 1. The topological polar surface area (TPSA) is 47.1 Å². The van der Waals surface area contributed by atoms with E-state index in [9.17, 15) is 13.2 Å². The van der Waals surface area contributed by atoms with Crippen molar-refractivity contribution in [1.29, 1.82) is 0 Å². The largest absolute Gasteiger partial charge is 0.416 e. The first-order valence-corrected chi connectivity index (χ1v) is 6.34. The van der Waals surface area contributed by atoms with Gasteiger partial charge in [-0.15, -0.1) is 0 Å². The summed E-state index contributed by atoms with van der Waals surface area (Å²) in [4.78, 5) is 6.11. The van der Waals surface area contributed by atoms with Gasteiger partial charge in [0.05, 0.1) is 16.6 Å². The molecule has 7 heteroatoms. The maximum atomic E-state index is 12.7. The van der Waals surface area contributed by atoms with Crippen molar-refractivity contribution in [2.45, 2.75) is 19.6 Å². The van der Waals surface area contributed by atoms with E-state index in [4.69, 9.17) is 5.73 Å². The zero-order valence-corrected chi connectivity index (χ0v) is 11.4. The lowest BCUT2D eigenvalue weighted by molar-refractivity contribution is -0.137. The summed E-state index contributed by atoms with van der Waals surface area (Å²) in [6.45, 7) is 4.28. The number of nitrogens with zero attached hydrogens (tertiary/aromatic N) is 3. The summed E-state index contributed by atoms with van der Waals surface area (Å²) in [6.07, 6.45) is -4.37. The summed E-state index contributed by atoms with van der Waals surface area (Å²) in [6, 6.07) is 3.52. The molecule has 1 heterocycles. The van der Waals surface area contributed by atoms with E-state index in [1.807, 2.05) is 14.0 Å². The van der Waals surface area contributed by atoms with Gasteiger partial charge in [-0.25, -0.2) is 4.98 Å². The van der Waals surface area contributed by atoms with Crippen molar-refractivity contribution in [3.05, 3.63) is 23.8 Å². The second-order valence-electron chi connectivity index (χ2n) is 4.72. The average molecular weight is 286 g/mol. The van der Waals surface area contributed by atoms with Crippen LogP contribution in [0.1, 0.15) is 12.5 Å². The molecule has 2 rings (SSSR count). The number of aromatic nitrogens is 2. The fraction of sp³-hybridized carbons (Fsp3) is 0.462. The maximum absolute atomic E-state index is 12.7. The smallest absolute Gasteiger partial charge is 0.369 e. The fourth-order valence-corrected chi connectivity index (χ4v) is 1.99. The minimum absolute atomic E-state index is 0.240. The van der Waals surface area contributed by atoms with Crippen molar-refractivity contribution >= 4 is 17.0 Å². The number of nitrogens with two attached hydrogens (primary N) is 1. The summed E-state index contributed by atoms with van der Waals surface area (Å²) in [7, 11) is 1.97. The third-order valence-electron chi connectivity index (χ3n) is 3.35. The average Bonchev–Trinajstić information content (AvgIpc) is 2.69. The lowest BCUT2D eigenvalue weighted by atomic mass is 10.2. The van der Waals surface area contributed by atoms with Crippen LogP contribution in [0.3, 0.4) is 0 Å². The minimum Gasteiger partial charge on any atom is -0.369 e. The van der Waals surface area contributed by atoms with Gasteiger partial charge in [-0.3, -0.25) is 0 Å². The molecule has 4 nitrogen and oxygen atoms in total. The highest BCUT2D eigenvalue weighted by atomic mass is 19.4. The standard InChI is InChI=1S/C13H17F3N4/c1-3-19(2)6-7-20-11-5-4-9(13(14,15)16)8-10(11)18-12(20)17/h4-5,8H,3,6-7H2,1-2H3,(H2,17,18). The third kappa shape index (κ3) is 2.87. The molecule has 0 spiro atoms. The third-order valence-corrected chi connectivity index (χ3v) is 3.35. The van der Waals surface area contributed by atoms with Gasteiger partial charge in [-0.05, 0) is 31.8 Å². The Morgan fingerprint density at radius 1 is 1.35 bits per heavy atom. The van der Waals surface area contributed by atoms with Gasteiger partial charge in [0.25, 0.3) is 0 Å².